The highest BCUT2D eigenvalue weighted by Crippen LogP contribution is 2.11. The Bertz CT molecular complexity index is 951. The van der Waals surface area contributed by atoms with E-state index in [4.69, 9.17) is 17.2 Å². The monoisotopic (exact) mass is 614 g/mol. The standard InChI is InChI=1S/C28H54N8O7/c1-14(2)11-18(29)23(38)36-22(17(7)37)26(41)35-21(13-16(5)6)25(40)34-20(12-15(3)4)24(39)33-19(27(42)43)9-8-10-32-28(30)31/h14-22,37H,8-13,29H2,1-7H3,(H,33,39)(H,34,40)(H,35,41)(H,36,38)(H,42,43)(H4,30,31,32)/t17-,18+,19+,20+,21+,22+/m1/s1. The van der Waals surface area contributed by atoms with Crippen LogP contribution in [0, 0.1) is 17.8 Å². The highest BCUT2D eigenvalue weighted by Gasteiger charge is 2.33. The van der Waals surface area contributed by atoms with Gasteiger partial charge < -0.3 is 48.7 Å². The fourth-order valence-corrected chi connectivity index (χ4v) is 4.25. The first kappa shape index (κ1) is 39.5. The lowest BCUT2D eigenvalue weighted by Gasteiger charge is -2.28. The van der Waals surface area contributed by atoms with Crippen LogP contribution in [0.15, 0.2) is 4.99 Å². The fraction of sp³-hybridized carbons (Fsp3) is 0.786. The molecule has 4 amide bonds. The zero-order valence-corrected chi connectivity index (χ0v) is 26.6. The maximum absolute atomic E-state index is 13.4. The quantitative estimate of drug-likeness (QED) is 0.0454. The largest absolute Gasteiger partial charge is 0.480 e. The van der Waals surface area contributed by atoms with Crippen LogP contribution in [0.25, 0.3) is 0 Å². The van der Waals surface area contributed by atoms with Crippen molar-refractivity contribution >= 4 is 35.6 Å². The minimum atomic E-state index is -1.38. The Labute approximate surface area is 254 Å². The summed E-state index contributed by atoms with van der Waals surface area (Å²) in [6, 6.07) is -5.72. The van der Waals surface area contributed by atoms with Gasteiger partial charge in [-0.25, -0.2) is 4.79 Å². The molecule has 0 fully saturated rings. The number of nitrogens with two attached hydrogens (primary N) is 3. The van der Waals surface area contributed by atoms with Gasteiger partial charge in [-0.1, -0.05) is 41.5 Å². The Kier molecular flexibility index (Phi) is 18.1. The Balaban J connectivity index is 5.77. The number of nitrogens with one attached hydrogen (secondary N) is 4. The van der Waals surface area contributed by atoms with Crippen molar-refractivity contribution in [2.75, 3.05) is 6.54 Å². The third kappa shape index (κ3) is 16.7. The Morgan fingerprint density at radius 3 is 1.51 bits per heavy atom. The van der Waals surface area contributed by atoms with Crippen LogP contribution in [0.4, 0.5) is 0 Å². The molecule has 0 rings (SSSR count). The molecule has 0 aromatic carbocycles. The highest BCUT2D eigenvalue weighted by molar-refractivity contribution is 5.95. The topological polar surface area (TPSA) is 264 Å². The predicted octanol–water partition coefficient (Wildman–Crippen LogP) is -1.09. The summed E-state index contributed by atoms with van der Waals surface area (Å²) >= 11 is 0. The summed E-state index contributed by atoms with van der Waals surface area (Å²) in [4.78, 5) is 67.9. The Hall–Kier alpha value is -3.46. The van der Waals surface area contributed by atoms with Crippen LogP contribution < -0.4 is 38.5 Å². The van der Waals surface area contributed by atoms with Crippen LogP contribution >= 0.6 is 0 Å². The number of guanidine groups is 1. The van der Waals surface area contributed by atoms with Gasteiger partial charge in [-0.05, 0) is 56.8 Å². The van der Waals surface area contributed by atoms with Crippen LogP contribution in [-0.2, 0) is 24.0 Å². The number of hydrogen-bond acceptors (Lipinski definition) is 8. The number of aliphatic imine (C=N–C) groups is 1. The smallest absolute Gasteiger partial charge is 0.326 e. The van der Waals surface area contributed by atoms with Gasteiger partial charge in [-0.2, -0.15) is 0 Å². The van der Waals surface area contributed by atoms with Crippen LogP contribution in [-0.4, -0.2) is 88.6 Å². The third-order valence-electron chi connectivity index (χ3n) is 6.36. The molecule has 0 heterocycles. The van der Waals surface area contributed by atoms with Gasteiger partial charge in [0.2, 0.25) is 23.6 Å². The molecule has 0 bridgehead atoms. The first-order valence-corrected chi connectivity index (χ1v) is 14.8. The average Bonchev–Trinajstić information content (AvgIpc) is 2.86. The molecule has 15 heteroatoms. The molecule has 15 nitrogen and oxygen atoms in total. The Morgan fingerprint density at radius 1 is 0.674 bits per heavy atom. The molecule has 0 aromatic rings. The third-order valence-corrected chi connectivity index (χ3v) is 6.36. The van der Waals surface area contributed by atoms with Crippen molar-refractivity contribution in [3.63, 3.8) is 0 Å². The van der Waals surface area contributed by atoms with Gasteiger partial charge in [-0.15, -0.1) is 0 Å². The van der Waals surface area contributed by atoms with Crippen molar-refractivity contribution in [2.45, 2.75) is 117 Å². The molecule has 0 unspecified atom stereocenters. The first-order chi connectivity index (χ1) is 19.8. The van der Waals surface area contributed by atoms with Crippen LogP contribution in [0.2, 0.25) is 0 Å². The molecule has 12 N–H and O–H groups in total. The number of amides is 4. The average molecular weight is 615 g/mol. The summed E-state index contributed by atoms with van der Waals surface area (Å²) in [6.45, 7) is 12.6. The van der Waals surface area contributed by atoms with E-state index in [2.05, 4.69) is 26.3 Å². The van der Waals surface area contributed by atoms with E-state index in [0.717, 1.165) is 0 Å². The number of carboxylic acid groups (broad SMARTS) is 1. The van der Waals surface area contributed by atoms with E-state index < -0.39 is 65.9 Å². The molecule has 0 aliphatic carbocycles. The molecule has 0 aliphatic heterocycles. The summed E-state index contributed by atoms with van der Waals surface area (Å²) in [5.74, 6) is -4.14. The number of nitrogens with zero attached hydrogens (tertiary/aromatic N) is 1. The van der Waals surface area contributed by atoms with Crippen LogP contribution in [0.1, 0.15) is 80.6 Å². The van der Waals surface area contributed by atoms with Crippen molar-refractivity contribution < 1.29 is 34.2 Å². The van der Waals surface area contributed by atoms with Gasteiger partial charge in [0.1, 0.15) is 24.2 Å². The normalized spacial score (nSPS) is 15.5. The summed E-state index contributed by atoms with van der Waals surface area (Å²) in [5, 5.41) is 30.0. The molecule has 43 heavy (non-hydrogen) atoms. The van der Waals surface area contributed by atoms with Gasteiger partial charge in [-0.3, -0.25) is 24.2 Å². The van der Waals surface area contributed by atoms with Gasteiger partial charge in [0.15, 0.2) is 5.96 Å². The predicted molar refractivity (Wildman–Crippen MR) is 163 cm³/mol. The number of aliphatic carboxylic acids is 1. The minimum Gasteiger partial charge on any atom is -0.480 e. The zero-order chi connectivity index (χ0) is 33.4. The highest BCUT2D eigenvalue weighted by atomic mass is 16.4. The van der Waals surface area contributed by atoms with E-state index in [1.54, 1.807) is 0 Å². The summed E-state index contributed by atoms with van der Waals surface area (Å²) in [7, 11) is 0. The molecular formula is C28H54N8O7. The number of carboxylic acids is 1. The lowest BCUT2D eigenvalue weighted by Crippen LogP contribution is -2.60. The number of carbonyl (C=O) groups excluding carboxylic acids is 4. The minimum absolute atomic E-state index is 0.0517. The van der Waals surface area contributed by atoms with Crippen molar-refractivity contribution in [2.24, 2.45) is 39.9 Å². The molecule has 0 radical (unpaired) electrons. The molecule has 0 aromatic heterocycles. The summed E-state index contributed by atoms with van der Waals surface area (Å²) < 4.78 is 0. The maximum atomic E-state index is 13.4. The number of aliphatic hydroxyl groups excluding tert-OH is 1. The number of rotatable bonds is 20. The second-order valence-electron chi connectivity index (χ2n) is 12.2. The van der Waals surface area contributed by atoms with E-state index in [1.807, 2.05) is 41.5 Å². The van der Waals surface area contributed by atoms with Crippen molar-refractivity contribution in [3.05, 3.63) is 0 Å². The molecule has 6 atom stereocenters. The summed E-state index contributed by atoms with van der Waals surface area (Å²) in [6.07, 6.45) is -0.195. The summed E-state index contributed by atoms with van der Waals surface area (Å²) in [5.41, 5.74) is 16.5. The van der Waals surface area contributed by atoms with E-state index in [1.165, 1.54) is 6.92 Å². The first-order valence-electron chi connectivity index (χ1n) is 14.8. The maximum Gasteiger partial charge on any atom is 0.326 e. The lowest BCUT2D eigenvalue weighted by atomic mass is 9.99. The molecule has 0 spiro atoms. The number of hydrogen-bond donors (Lipinski definition) is 9. The van der Waals surface area contributed by atoms with Gasteiger partial charge in [0.05, 0.1) is 12.1 Å². The second kappa shape index (κ2) is 19.7. The van der Waals surface area contributed by atoms with E-state index >= 15 is 0 Å². The SMILES string of the molecule is CC(C)C[C@H](NC(=O)[C@H](CC(C)C)NC(=O)[C@@H](NC(=O)[C@@H](N)CC(C)C)[C@@H](C)O)C(=O)N[C@@H](CCCN=C(N)N)C(=O)O. The van der Waals surface area contributed by atoms with Gasteiger partial charge >= 0.3 is 5.97 Å². The van der Waals surface area contributed by atoms with E-state index in [9.17, 15) is 34.2 Å². The molecular weight excluding hydrogens is 560 g/mol. The van der Waals surface area contributed by atoms with Crippen molar-refractivity contribution in [1.29, 1.82) is 0 Å². The van der Waals surface area contributed by atoms with Crippen LogP contribution in [0.5, 0.6) is 0 Å². The Morgan fingerprint density at radius 2 is 1.12 bits per heavy atom. The van der Waals surface area contributed by atoms with E-state index in [-0.39, 0.29) is 49.5 Å². The zero-order valence-electron chi connectivity index (χ0n) is 26.6. The molecule has 0 aliphatic rings. The lowest BCUT2D eigenvalue weighted by molar-refractivity contribution is -0.142. The van der Waals surface area contributed by atoms with Gasteiger partial charge in [0, 0.05) is 6.54 Å². The van der Waals surface area contributed by atoms with Crippen LogP contribution in [0.3, 0.4) is 0 Å². The van der Waals surface area contributed by atoms with E-state index in [0.29, 0.717) is 12.8 Å². The molecule has 248 valence electrons. The van der Waals surface area contributed by atoms with Crippen molar-refractivity contribution in [1.82, 2.24) is 21.3 Å². The fourth-order valence-electron chi connectivity index (χ4n) is 4.25. The number of carbonyl (C=O) groups is 5. The number of aliphatic hydroxyl groups is 1. The molecule has 0 saturated carbocycles. The van der Waals surface area contributed by atoms with Gasteiger partial charge in [0.25, 0.3) is 0 Å². The second-order valence-corrected chi connectivity index (χ2v) is 12.2. The molecule has 0 saturated heterocycles. The van der Waals surface area contributed by atoms with Crippen molar-refractivity contribution in [3.8, 4) is 0 Å².